The lowest BCUT2D eigenvalue weighted by Crippen LogP contribution is -2.63. The minimum absolute atomic E-state index is 0.00847. The molecule has 0 aromatic rings. The van der Waals surface area contributed by atoms with Crippen molar-refractivity contribution in [1.82, 2.24) is 0 Å². The predicted octanol–water partition coefficient (Wildman–Crippen LogP) is 6.07. The second-order valence-corrected chi connectivity index (χ2v) is 9.20. The van der Waals surface area contributed by atoms with E-state index in [1.54, 1.807) is 0 Å². The summed E-state index contributed by atoms with van der Waals surface area (Å²) in [6, 6.07) is 0. The van der Waals surface area contributed by atoms with Gasteiger partial charge in [0.1, 0.15) is 12.6 Å². The van der Waals surface area contributed by atoms with E-state index in [1.807, 2.05) is 0 Å². The summed E-state index contributed by atoms with van der Waals surface area (Å²) in [6.45, 7) is 7.38. The Labute approximate surface area is 158 Å². The van der Waals surface area contributed by atoms with E-state index in [0.29, 0.717) is 5.92 Å². The van der Waals surface area contributed by atoms with Crippen molar-refractivity contribution in [2.24, 2.45) is 5.92 Å². The van der Waals surface area contributed by atoms with Crippen molar-refractivity contribution >= 4 is 0 Å². The lowest BCUT2D eigenvalue weighted by atomic mass is 9.83. The molecule has 3 heterocycles. The molecule has 1 N–H and O–H groups in total. The van der Waals surface area contributed by atoms with Crippen LogP contribution in [0.1, 0.15) is 110 Å². The van der Waals surface area contributed by atoms with Gasteiger partial charge in [0.15, 0.2) is 0 Å². The molecule has 0 unspecified atom stereocenters. The molecule has 0 aromatic heterocycles. The van der Waals surface area contributed by atoms with E-state index in [0.717, 1.165) is 6.54 Å². The largest absolute Gasteiger partial charge is 0.387 e. The maximum atomic E-state index is 10.2. The molecule has 2 heteroatoms. The highest BCUT2D eigenvalue weighted by molar-refractivity contribution is 4.79. The highest BCUT2D eigenvalue weighted by atomic mass is 16.3. The first-order valence-corrected chi connectivity index (χ1v) is 11.8. The van der Waals surface area contributed by atoms with Gasteiger partial charge in [-0.1, -0.05) is 84.0 Å². The predicted molar refractivity (Wildman–Crippen MR) is 109 cm³/mol. The van der Waals surface area contributed by atoms with Crippen molar-refractivity contribution in [2.45, 2.75) is 116 Å². The quantitative estimate of drug-likeness (QED) is 0.280. The molecule has 3 aliphatic heterocycles. The van der Waals surface area contributed by atoms with Crippen LogP contribution in [-0.2, 0) is 0 Å². The van der Waals surface area contributed by atoms with Gasteiger partial charge in [-0.05, 0) is 12.8 Å². The number of hydrogen-bond donors (Lipinski definition) is 1. The van der Waals surface area contributed by atoms with E-state index in [-0.39, 0.29) is 6.10 Å². The molecule has 0 saturated carbocycles. The van der Waals surface area contributed by atoms with E-state index in [1.165, 1.54) is 127 Å². The number of aliphatic hydroxyl groups excluding tert-OH is 1. The van der Waals surface area contributed by atoms with Crippen LogP contribution in [0.15, 0.2) is 0 Å². The standard InChI is InChI=1S/C23H46NO/c1-2-3-4-5-6-7-8-9-10-11-12-13-14-15-18-24-19-16-22(17-20-24)23(25)21-24/h22-23,25H,2-21H2,1H3/q+1/t22?,23-,24?/m1/s1. The van der Waals surface area contributed by atoms with E-state index < -0.39 is 0 Å². The van der Waals surface area contributed by atoms with Crippen molar-refractivity contribution in [3.63, 3.8) is 0 Å². The second-order valence-electron chi connectivity index (χ2n) is 9.20. The van der Waals surface area contributed by atoms with Crippen LogP contribution < -0.4 is 0 Å². The molecule has 25 heavy (non-hydrogen) atoms. The zero-order valence-electron chi connectivity index (χ0n) is 17.2. The molecule has 2 bridgehead atoms. The molecular weight excluding hydrogens is 306 g/mol. The molecule has 0 aliphatic carbocycles. The third-order valence-corrected chi connectivity index (χ3v) is 7.05. The first kappa shape index (κ1) is 21.2. The summed E-state index contributed by atoms with van der Waals surface area (Å²) in [5.74, 6) is 0.636. The fourth-order valence-corrected chi connectivity index (χ4v) is 5.21. The Balaban J connectivity index is 1.33. The topological polar surface area (TPSA) is 20.2 Å². The van der Waals surface area contributed by atoms with Gasteiger partial charge in [0.2, 0.25) is 0 Å². The SMILES string of the molecule is CCCCCCCCCCCCCCCC[N+]12CCC(CC1)[C@H](O)C2. The number of unbranched alkanes of at least 4 members (excludes halogenated alkanes) is 13. The van der Waals surface area contributed by atoms with Crippen molar-refractivity contribution in [3.8, 4) is 0 Å². The number of fused-ring (bicyclic) bond motifs is 3. The molecule has 3 fully saturated rings. The van der Waals surface area contributed by atoms with Crippen molar-refractivity contribution < 1.29 is 9.59 Å². The molecule has 3 saturated heterocycles. The fourth-order valence-electron chi connectivity index (χ4n) is 5.21. The summed E-state index contributed by atoms with van der Waals surface area (Å²) < 4.78 is 1.25. The van der Waals surface area contributed by atoms with Gasteiger partial charge in [0.05, 0.1) is 19.6 Å². The molecule has 148 valence electrons. The van der Waals surface area contributed by atoms with Crippen LogP contribution in [0.25, 0.3) is 0 Å². The second kappa shape index (κ2) is 12.3. The summed E-state index contributed by atoms with van der Waals surface area (Å²) >= 11 is 0. The number of hydrogen-bond acceptors (Lipinski definition) is 1. The molecule has 0 spiro atoms. The Morgan fingerprint density at radius 1 is 0.680 bits per heavy atom. The van der Waals surface area contributed by atoms with Gasteiger partial charge < -0.3 is 9.59 Å². The van der Waals surface area contributed by atoms with E-state index >= 15 is 0 Å². The van der Waals surface area contributed by atoms with Gasteiger partial charge in [0.25, 0.3) is 0 Å². The van der Waals surface area contributed by atoms with Crippen LogP contribution in [-0.4, -0.2) is 41.9 Å². The van der Waals surface area contributed by atoms with Gasteiger partial charge in [-0.25, -0.2) is 0 Å². The number of aliphatic hydroxyl groups is 1. The van der Waals surface area contributed by atoms with Gasteiger partial charge in [-0.2, -0.15) is 0 Å². The van der Waals surface area contributed by atoms with Crippen LogP contribution in [0.2, 0.25) is 0 Å². The zero-order valence-corrected chi connectivity index (χ0v) is 17.2. The van der Waals surface area contributed by atoms with Gasteiger partial charge in [-0.15, -0.1) is 0 Å². The Morgan fingerprint density at radius 2 is 1.12 bits per heavy atom. The summed E-state index contributed by atoms with van der Waals surface area (Å²) in [7, 11) is 0. The van der Waals surface area contributed by atoms with Crippen LogP contribution >= 0.6 is 0 Å². The lowest BCUT2D eigenvalue weighted by Gasteiger charge is -2.51. The van der Waals surface area contributed by atoms with E-state index in [9.17, 15) is 5.11 Å². The van der Waals surface area contributed by atoms with Crippen molar-refractivity contribution in [1.29, 1.82) is 0 Å². The van der Waals surface area contributed by atoms with Gasteiger partial charge in [-0.3, -0.25) is 0 Å². The minimum atomic E-state index is 0.00847. The third-order valence-electron chi connectivity index (χ3n) is 7.05. The Bertz CT molecular complexity index is 322. The van der Waals surface area contributed by atoms with Crippen LogP contribution in [0.5, 0.6) is 0 Å². The number of quaternary nitrogens is 1. The van der Waals surface area contributed by atoms with Crippen LogP contribution in [0, 0.1) is 5.92 Å². The molecular formula is C23H46NO+. The van der Waals surface area contributed by atoms with Gasteiger partial charge in [0, 0.05) is 18.8 Å². The first-order valence-electron chi connectivity index (χ1n) is 11.8. The van der Waals surface area contributed by atoms with E-state index in [4.69, 9.17) is 0 Å². The fraction of sp³-hybridized carbons (Fsp3) is 1.00. The average molecular weight is 353 g/mol. The molecule has 3 aliphatic rings. The normalized spacial score (nSPS) is 28.6. The molecule has 0 amide bonds. The highest BCUT2D eigenvalue weighted by Gasteiger charge is 2.44. The molecule has 3 rings (SSSR count). The number of piperidine rings is 3. The molecule has 1 atom stereocenters. The minimum Gasteiger partial charge on any atom is -0.387 e. The van der Waals surface area contributed by atoms with E-state index in [2.05, 4.69) is 6.92 Å². The van der Waals surface area contributed by atoms with Crippen molar-refractivity contribution in [3.05, 3.63) is 0 Å². The zero-order chi connectivity index (χ0) is 17.8. The summed E-state index contributed by atoms with van der Waals surface area (Å²) in [4.78, 5) is 0. The Morgan fingerprint density at radius 3 is 1.56 bits per heavy atom. The first-order chi connectivity index (χ1) is 12.3. The molecule has 2 nitrogen and oxygen atoms in total. The van der Waals surface area contributed by atoms with Crippen LogP contribution in [0.4, 0.5) is 0 Å². The maximum Gasteiger partial charge on any atom is 0.106 e. The molecule has 0 radical (unpaired) electrons. The Kier molecular flexibility index (Phi) is 10.5. The highest BCUT2D eigenvalue weighted by Crippen LogP contribution is 2.34. The van der Waals surface area contributed by atoms with Crippen molar-refractivity contribution in [2.75, 3.05) is 26.2 Å². The monoisotopic (exact) mass is 352 g/mol. The molecule has 0 aromatic carbocycles. The average Bonchev–Trinajstić information content (AvgIpc) is 2.63. The van der Waals surface area contributed by atoms with Gasteiger partial charge >= 0.3 is 0 Å². The van der Waals surface area contributed by atoms with Crippen LogP contribution in [0.3, 0.4) is 0 Å². The Hall–Kier alpha value is -0.0800. The summed E-state index contributed by atoms with van der Waals surface area (Å²) in [5.41, 5.74) is 0. The third kappa shape index (κ3) is 7.99. The maximum absolute atomic E-state index is 10.2. The smallest absolute Gasteiger partial charge is 0.106 e. The number of nitrogens with zero attached hydrogens (tertiary/aromatic N) is 1. The number of rotatable bonds is 15. The summed E-state index contributed by atoms with van der Waals surface area (Å²) in [5, 5.41) is 10.2. The summed E-state index contributed by atoms with van der Waals surface area (Å²) in [6.07, 6.45) is 22.7. The lowest BCUT2D eigenvalue weighted by molar-refractivity contribution is -0.946.